The maximum absolute atomic E-state index is 13.6. The third kappa shape index (κ3) is 4.60. The first-order chi connectivity index (χ1) is 18.0. The number of hydrogen-bond acceptors (Lipinski definition) is 7. The summed E-state index contributed by atoms with van der Waals surface area (Å²) in [5.74, 6) is 0.253. The first kappa shape index (κ1) is 24.0. The Morgan fingerprint density at radius 1 is 1.16 bits per heavy atom. The van der Waals surface area contributed by atoms with Crippen LogP contribution in [-0.2, 0) is 11.3 Å². The van der Waals surface area contributed by atoms with Crippen molar-refractivity contribution in [3.63, 3.8) is 0 Å². The quantitative estimate of drug-likeness (QED) is 0.420. The summed E-state index contributed by atoms with van der Waals surface area (Å²) in [6.07, 6.45) is 6.66. The highest BCUT2D eigenvalue weighted by atomic mass is 32.1. The minimum absolute atomic E-state index is 0.0639. The molecule has 0 radical (unpaired) electrons. The number of thiazole rings is 1. The monoisotopic (exact) mass is 518 g/mol. The highest BCUT2D eigenvalue weighted by Crippen LogP contribution is 2.33. The van der Waals surface area contributed by atoms with Gasteiger partial charge in [0, 0.05) is 49.2 Å². The summed E-state index contributed by atoms with van der Waals surface area (Å²) < 4.78 is 3.29. The van der Waals surface area contributed by atoms with E-state index in [1.165, 1.54) is 27.8 Å². The Morgan fingerprint density at radius 2 is 1.97 bits per heavy atom. The molecule has 0 spiro atoms. The minimum Gasteiger partial charge on any atom is -0.388 e. The molecule has 192 valence electrons. The molecule has 1 aromatic carbocycles. The molecule has 2 fully saturated rings. The van der Waals surface area contributed by atoms with E-state index in [0.29, 0.717) is 37.0 Å². The molecule has 2 atom stereocenters. The summed E-state index contributed by atoms with van der Waals surface area (Å²) in [6.45, 7) is 2.73. The molecule has 0 unspecified atom stereocenters. The van der Waals surface area contributed by atoms with E-state index in [-0.39, 0.29) is 29.8 Å². The normalized spacial score (nSPS) is 21.8. The van der Waals surface area contributed by atoms with Gasteiger partial charge in [-0.25, -0.2) is 9.97 Å². The van der Waals surface area contributed by atoms with Gasteiger partial charge in [0.25, 0.3) is 5.56 Å². The second-order valence-electron chi connectivity index (χ2n) is 10.1. The number of aliphatic hydroxyl groups is 1. The zero-order valence-corrected chi connectivity index (χ0v) is 21.3. The molecule has 2 aliphatic heterocycles. The van der Waals surface area contributed by atoms with Gasteiger partial charge in [0.2, 0.25) is 5.91 Å². The highest BCUT2D eigenvalue weighted by Gasteiger charge is 2.39. The molecule has 3 aromatic heterocycles. The fourth-order valence-corrected chi connectivity index (χ4v) is 6.34. The van der Waals surface area contributed by atoms with Crippen LogP contribution in [0.5, 0.6) is 0 Å². The Morgan fingerprint density at radius 3 is 2.73 bits per heavy atom. The van der Waals surface area contributed by atoms with Crippen molar-refractivity contribution in [1.82, 2.24) is 29.3 Å². The number of benzene rings is 1. The largest absolute Gasteiger partial charge is 0.388 e. The molecule has 0 bridgehead atoms. The van der Waals surface area contributed by atoms with Crippen molar-refractivity contribution in [1.29, 1.82) is 0 Å². The molecule has 6 rings (SSSR count). The van der Waals surface area contributed by atoms with Crippen molar-refractivity contribution in [3.8, 4) is 5.13 Å². The van der Waals surface area contributed by atoms with Crippen LogP contribution in [0.25, 0.3) is 16.2 Å². The van der Waals surface area contributed by atoms with Gasteiger partial charge in [-0.1, -0.05) is 30.3 Å². The molecule has 4 aromatic rings. The van der Waals surface area contributed by atoms with E-state index in [9.17, 15) is 14.7 Å². The van der Waals surface area contributed by atoms with Gasteiger partial charge in [-0.2, -0.15) is 0 Å². The van der Waals surface area contributed by atoms with Crippen LogP contribution in [0.3, 0.4) is 0 Å². The summed E-state index contributed by atoms with van der Waals surface area (Å²) in [7, 11) is 0. The van der Waals surface area contributed by atoms with Crippen LogP contribution in [0.15, 0.2) is 65.3 Å². The Hall–Kier alpha value is -3.34. The molecular weight excluding hydrogens is 488 g/mol. The van der Waals surface area contributed by atoms with Crippen molar-refractivity contribution >= 4 is 28.3 Å². The average molecular weight is 519 g/mol. The Kier molecular flexibility index (Phi) is 6.39. The second kappa shape index (κ2) is 9.85. The van der Waals surface area contributed by atoms with Gasteiger partial charge < -0.3 is 15.3 Å². The van der Waals surface area contributed by atoms with Crippen LogP contribution >= 0.6 is 11.3 Å². The van der Waals surface area contributed by atoms with Crippen LogP contribution in [0.2, 0.25) is 0 Å². The van der Waals surface area contributed by atoms with E-state index in [1.807, 2.05) is 28.5 Å². The van der Waals surface area contributed by atoms with Crippen LogP contribution in [0.4, 0.5) is 0 Å². The molecule has 2 aliphatic rings. The molecule has 10 heteroatoms. The van der Waals surface area contributed by atoms with Gasteiger partial charge >= 0.3 is 0 Å². The van der Waals surface area contributed by atoms with Gasteiger partial charge in [0.1, 0.15) is 6.33 Å². The van der Waals surface area contributed by atoms with E-state index in [0.717, 1.165) is 24.6 Å². The molecule has 2 N–H and O–H groups in total. The smallest absolute Gasteiger partial charge is 0.262 e. The number of carbonyl (C=O) groups excluding carboxylic acids is 1. The molecule has 0 saturated carbocycles. The molecule has 1 amide bonds. The van der Waals surface area contributed by atoms with E-state index < -0.39 is 5.60 Å². The number of amides is 1. The van der Waals surface area contributed by atoms with E-state index in [4.69, 9.17) is 0 Å². The van der Waals surface area contributed by atoms with E-state index in [1.54, 1.807) is 23.0 Å². The van der Waals surface area contributed by atoms with Crippen molar-refractivity contribution < 1.29 is 9.90 Å². The van der Waals surface area contributed by atoms with Crippen LogP contribution in [-0.4, -0.2) is 66.8 Å². The first-order valence-electron chi connectivity index (χ1n) is 12.8. The molecule has 37 heavy (non-hydrogen) atoms. The standard InChI is InChI=1S/C27H30N6O3S/c34-24(20-6-10-28-16-22(20)19-4-2-1-3-5-19)31-13-8-27(36,9-14-31)17-32-18-30-23-21(25(32)35)7-12-33(23)26-29-11-15-37-26/h1-5,7,11-12,15,18,20,22,28,36H,6,8-10,13-14,16-17H2/t20-,22+/m1/s1. The zero-order valence-electron chi connectivity index (χ0n) is 20.5. The maximum Gasteiger partial charge on any atom is 0.262 e. The van der Waals surface area contributed by atoms with Gasteiger partial charge in [0.05, 0.1) is 17.5 Å². The lowest BCUT2D eigenvalue weighted by Gasteiger charge is -2.41. The third-order valence-electron chi connectivity index (χ3n) is 7.79. The van der Waals surface area contributed by atoms with Crippen LogP contribution in [0, 0.1) is 5.92 Å². The first-order valence-corrected chi connectivity index (χ1v) is 13.6. The predicted molar refractivity (Wildman–Crippen MR) is 142 cm³/mol. The summed E-state index contributed by atoms with van der Waals surface area (Å²) in [5, 5.41) is 17.9. The van der Waals surface area contributed by atoms with E-state index >= 15 is 0 Å². The number of aromatic nitrogens is 4. The number of rotatable bonds is 5. The molecule has 5 heterocycles. The zero-order chi connectivity index (χ0) is 25.4. The van der Waals surface area contributed by atoms with Crippen molar-refractivity contribution in [3.05, 3.63) is 76.4 Å². The predicted octanol–water partition coefficient (Wildman–Crippen LogP) is 2.39. The fraction of sp³-hybridized carbons (Fsp3) is 0.407. The molecule has 0 aliphatic carbocycles. The van der Waals surface area contributed by atoms with E-state index in [2.05, 4.69) is 27.4 Å². The van der Waals surface area contributed by atoms with Crippen molar-refractivity contribution in [2.24, 2.45) is 5.92 Å². The van der Waals surface area contributed by atoms with Gasteiger partial charge in [-0.15, -0.1) is 11.3 Å². The number of nitrogens with one attached hydrogen (secondary N) is 1. The highest BCUT2D eigenvalue weighted by molar-refractivity contribution is 7.12. The number of carbonyl (C=O) groups is 1. The van der Waals surface area contributed by atoms with Crippen LogP contribution in [0.1, 0.15) is 30.7 Å². The Labute approximate surface area is 218 Å². The van der Waals surface area contributed by atoms with Crippen molar-refractivity contribution in [2.45, 2.75) is 37.3 Å². The third-order valence-corrected chi connectivity index (χ3v) is 8.56. The summed E-state index contributed by atoms with van der Waals surface area (Å²) in [6, 6.07) is 12.0. The summed E-state index contributed by atoms with van der Waals surface area (Å²) >= 11 is 1.47. The number of likely N-dealkylation sites (tertiary alicyclic amines) is 1. The lowest BCUT2D eigenvalue weighted by Crippen LogP contribution is -2.52. The fourth-order valence-electron chi connectivity index (χ4n) is 5.71. The van der Waals surface area contributed by atoms with Gasteiger partial charge in [0.15, 0.2) is 10.8 Å². The molecule has 2 saturated heterocycles. The maximum atomic E-state index is 13.6. The number of hydrogen-bond donors (Lipinski definition) is 2. The Bertz CT molecular complexity index is 1440. The lowest BCUT2D eigenvalue weighted by molar-refractivity contribution is -0.141. The van der Waals surface area contributed by atoms with Crippen LogP contribution < -0.4 is 10.9 Å². The minimum atomic E-state index is -1.07. The number of fused-ring (bicyclic) bond motifs is 1. The SMILES string of the molecule is O=C([C@@H]1CCNC[C@H]1c1ccccc1)N1CCC(O)(Cn2cnc3c(ccn3-c3nccs3)c2=O)CC1. The number of piperidine rings is 2. The average Bonchev–Trinajstić information content (AvgIpc) is 3.61. The van der Waals surface area contributed by atoms with Gasteiger partial charge in [-0.05, 0) is 37.4 Å². The second-order valence-corrected chi connectivity index (χ2v) is 11.0. The lowest BCUT2D eigenvalue weighted by atomic mass is 9.80. The summed E-state index contributed by atoms with van der Waals surface area (Å²) in [4.78, 5) is 37.4. The summed E-state index contributed by atoms with van der Waals surface area (Å²) in [5.41, 5.74) is 0.486. The Balaban J connectivity index is 1.14. The molecule has 9 nitrogen and oxygen atoms in total. The topological polar surface area (TPSA) is 105 Å². The van der Waals surface area contributed by atoms with Gasteiger partial charge in [-0.3, -0.25) is 18.7 Å². The van der Waals surface area contributed by atoms with Crippen molar-refractivity contribution in [2.75, 3.05) is 26.2 Å². The molecular formula is C27H30N6O3S. The number of nitrogens with zero attached hydrogens (tertiary/aromatic N) is 5.